The average molecular weight is 595 g/mol. The fourth-order valence-corrected chi connectivity index (χ4v) is 5.94. The molecule has 0 saturated carbocycles. The van der Waals surface area contributed by atoms with Crippen molar-refractivity contribution >= 4 is 62.4 Å². The number of aryl methyl sites for hydroxylation is 3. The zero-order valence-corrected chi connectivity index (χ0v) is 26.1. The van der Waals surface area contributed by atoms with Gasteiger partial charge in [0.1, 0.15) is 0 Å². The molecule has 0 spiro atoms. The van der Waals surface area contributed by atoms with Crippen LogP contribution in [-0.2, 0) is 25.5 Å². The maximum absolute atomic E-state index is 12.1. The molecule has 3 aromatic heterocycles. The number of aromatic nitrogens is 4. The summed E-state index contributed by atoms with van der Waals surface area (Å²) in [6.45, 7) is 11.9. The molecule has 0 fully saturated rings. The van der Waals surface area contributed by atoms with E-state index in [9.17, 15) is 14.7 Å². The summed E-state index contributed by atoms with van der Waals surface area (Å²) >= 11 is 0. The standard InChI is InChI=1S/C35H38N4O5/c1-8-22-18(2)26-13-27-19(3)23(9-11-34(41)43-6)31(37-27)16-32-24(10-12-35(42)44-7)20(4)28(38-32)15-33-25(17-40)21(5)29(39-33)14-30(22)36-26/h8,13-16,36,38,40H,1,9-12,17H2,2-7H3. The van der Waals surface area contributed by atoms with Gasteiger partial charge in [-0.2, -0.15) is 0 Å². The molecule has 5 rings (SSSR count). The molecule has 9 nitrogen and oxygen atoms in total. The van der Waals surface area contributed by atoms with Crippen molar-refractivity contribution in [2.75, 3.05) is 20.8 Å². The van der Waals surface area contributed by atoms with Gasteiger partial charge in [0.15, 0.2) is 0 Å². The Morgan fingerprint density at radius 1 is 0.750 bits per heavy atom. The highest BCUT2D eigenvalue weighted by molar-refractivity contribution is 5.96. The van der Waals surface area contributed by atoms with E-state index in [1.54, 1.807) is 0 Å². The lowest BCUT2D eigenvalue weighted by atomic mass is 10.0. The second-order valence-corrected chi connectivity index (χ2v) is 11.1. The first-order valence-electron chi connectivity index (χ1n) is 14.6. The van der Waals surface area contributed by atoms with Crippen molar-refractivity contribution in [1.82, 2.24) is 19.9 Å². The van der Waals surface area contributed by atoms with E-state index in [4.69, 9.17) is 19.4 Å². The minimum absolute atomic E-state index is 0.160. The van der Waals surface area contributed by atoms with Crippen molar-refractivity contribution in [3.63, 3.8) is 0 Å². The van der Waals surface area contributed by atoms with Crippen LogP contribution in [0.4, 0.5) is 0 Å². The number of nitrogens with zero attached hydrogens (tertiary/aromatic N) is 2. The Labute approximate surface area is 256 Å². The Bertz CT molecular complexity index is 1920. The molecule has 3 aromatic rings. The van der Waals surface area contributed by atoms with Crippen molar-refractivity contribution in [3.8, 4) is 0 Å². The van der Waals surface area contributed by atoms with Gasteiger partial charge in [-0.15, -0.1) is 0 Å². The maximum Gasteiger partial charge on any atom is 0.305 e. The highest BCUT2D eigenvalue weighted by Crippen LogP contribution is 2.36. The minimum atomic E-state index is -0.297. The van der Waals surface area contributed by atoms with E-state index in [-0.39, 0.29) is 31.4 Å². The zero-order chi connectivity index (χ0) is 31.7. The fourth-order valence-electron chi connectivity index (χ4n) is 5.94. The van der Waals surface area contributed by atoms with Gasteiger partial charge in [-0.25, -0.2) is 9.97 Å². The monoisotopic (exact) mass is 594 g/mol. The normalized spacial score (nSPS) is 13.0. The highest BCUT2D eigenvalue weighted by Gasteiger charge is 2.21. The average Bonchev–Trinajstić information content (AvgIpc) is 3.67. The van der Waals surface area contributed by atoms with Gasteiger partial charge in [-0.05, 0) is 98.2 Å². The molecule has 44 heavy (non-hydrogen) atoms. The molecule has 0 atom stereocenters. The molecule has 0 aromatic carbocycles. The molecule has 0 unspecified atom stereocenters. The number of fused-ring (bicyclic) bond motifs is 8. The van der Waals surface area contributed by atoms with Crippen LogP contribution in [0.15, 0.2) is 30.8 Å². The van der Waals surface area contributed by atoms with Crippen LogP contribution in [0.1, 0.15) is 78.1 Å². The SMILES string of the molecule is C=Cc1c(C)c2cc3nc(cc4[nH]c(cc5nc(cc1[nH]2)C(C)=C5CO)c(C)c4CCC(=O)OC)C(CCC(=O)OC)=C3C. The molecule has 9 heteroatoms. The number of aliphatic hydroxyl groups is 1. The Morgan fingerprint density at radius 2 is 1.25 bits per heavy atom. The van der Waals surface area contributed by atoms with Gasteiger partial charge in [-0.3, -0.25) is 9.59 Å². The van der Waals surface area contributed by atoms with Crippen molar-refractivity contribution in [3.05, 3.63) is 75.9 Å². The quantitative estimate of drug-likeness (QED) is 0.254. The molecule has 5 heterocycles. The summed E-state index contributed by atoms with van der Waals surface area (Å²) in [4.78, 5) is 41.3. The van der Waals surface area contributed by atoms with E-state index in [0.29, 0.717) is 18.5 Å². The number of ether oxygens (including phenoxy) is 2. The molecule has 0 amide bonds. The van der Waals surface area contributed by atoms with Crippen LogP contribution in [0.3, 0.4) is 0 Å². The van der Waals surface area contributed by atoms with Crippen LogP contribution in [0.25, 0.3) is 50.4 Å². The van der Waals surface area contributed by atoms with Crippen LogP contribution < -0.4 is 0 Å². The molecule has 0 aliphatic carbocycles. The predicted octanol–water partition coefficient (Wildman–Crippen LogP) is 6.49. The lowest BCUT2D eigenvalue weighted by Gasteiger charge is -2.04. The smallest absolute Gasteiger partial charge is 0.305 e. The second kappa shape index (κ2) is 12.5. The Balaban J connectivity index is 1.90. The third kappa shape index (κ3) is 5.63. The number of methoxy groups -OCH3 is 2. The largest absolute Gasteiger partial charge is 0.469 e. The first kappa shape index (κ1) is 30.7. The molecule has 228 valence electrons. The van der Waals surface area contributed by atoms with Gasteiger partial charge in [0.05, 0.1) is 43.6 Å². The summed E-state index contributed by atoms with van der Waals surface area (Å²) in [6.07, 6.45) is 3.18. The predicted molar refractivity (Wildman–Crippen MR) is 174 cm³/mol. The van der Waals surface area contributed by atoms with Crippen LogP contribution in [0, 0.1) is 13.8 Å². The van der Waals surface area contributed by atoms with Crippen LogP contribution in [-0.4, -0.2) is 57.8 Å². The maximum atomic E-state index is 12.1. The summed E-state index contributed by atoms with van der Waals surface area (Å²) in [7, 11) is 2.77. The third-order valence-electron chi connectivity index (χ3n) is 8.69. The van der Waals surface area contributed by atoms with Crippen molar-refractivity contribution in [1.29, 1.82) is 0 Å². The molecule has 0 saturated heterocycles. The van der Waals surface area contributed by atoms with Gasteiger partial charge in [0, 0.05) is 46.0 Å². The van der Waals surface area contributed by atoms with Crippen molar-refractivity contribution < 1.29 is 24.2 Å². The number of rotatable bonds is 8. The van der Waals surface area contributed by atoms with Gasteiger partial charge < -0.3 is 24.5 Å². The first-order chi connectivity index (χ1) is 21.1. The van der Waals surface area contributed by atoms with Crippen molar-refractivity contribution in [2.24, 2.45) is 0 Å². The van der Waals surface area contributed by atoms with Gasteiger partial charge in [-0.1, -0.05) is 12.7 Å². The van der Waals surface area contributed by atoms with Crippen LogP contribution in [0.5, 0.6) is 0 Å². The minimum Gasteiger partial charge on any atom is -0.469 e. The van der Waals surface area contributed by atoms with Gasteiger partial charge in [0.2, 0.25) is 0 Å². The van der Waals surface area contributed by atoms with E-state index >= 15 is 0 Å². The van der Waals surface area contributed by atoms with E-state index in [2.05, 4.69) is 16.5 Å². The molecule has 2 aliphatic rings. The number of carbonyl (C=O) groups excluding carboxylic acids is 2. The number of hydrogen-bond acceptors (Lipinski definition) is 7. The van der Waals surface area contributed by atoms with Gasteiger partial charge in [0.25, 0.3) is 0 Å². The van der Waals surface area contributed by atoms with E-state index < -0.39 is 0 Å². The summed E-state index contributed by atoms with van der Waals surface area (Å²) < 4.78 is 9.86. The third-order valence-corrected chi connectivity index (χ3v) is 8.69. The molecule has 2 aliphatic heterocycles. The number of nitrogens with one attached hydrogen (secondary N) is 2. The van der Waals surface area contributed by atoms with E-state index in [1.807, 2.05) is 58.0 Å². The Hall–Kier alpha value is -4.76. The number of hydrogen-bond donors (Lipinski definition) is 3. The number of carbonyl (C=O) groups is 2. The van der Waals surface area contributed by atoms with E-state index in [0.717, 1.165) is 83.7 Å². The molecule has 0 radical (unpaired) electrons. The van der Waals surface area contributed by atoms with E-state index in [1.165, 1.54) is 14.2 Å². The summed E-state index contributed by atoms with van der Waals surface area (Å²) in [5.74, 6) is -0.590. The number of aliphatic hydroxyl groups excluding tert-OH is 1. The molecule has 3 N–H and O–H groups in total. The first-order valence-corrected chi connectivity index (χ1v) is 14.6. The zero-order valence-electron chi connectivity index (χ0n) is 26.1. The second-order valence-electron chi connectivity index (χ2n) is 11.1. The summed E-state index contributed by atoms with van der Waals surface area (Å²) in [6, 6.07) is 7.93. The Morgan fingerprint density at radius 3 is 1.86 bits per heavy atom. The number of H-pyrrole nitrogens is 2. The summed E-state index contributed by atoms with van der Waals surface area (Å²) in [5, 5.41) is 10.3. The van der Waals surface area contributed by atoms with Crippen molar-refractivity contribution in [2.45, 2.75) is 53.4 Å². The molecule has 8 bridgehead atoms. The number of aromatic amines is 2. The van der Waals surface area contributed by atoms with Gasteiger partial charge >= 0.3 is 11.9 Å². The lowest BCUT2D eigenvalue weighted by molar-refractivity contribution is -0.141. The van der Waals surface area contributed by atoms with Crippen LogP contribution in [0.2, 0.25) is 0 Å². The summed E-state index contributed by atoms with van der Waals surface area (Å²) in [5.41, 5.74) is 13.8. The number of esters is 2. The molecular weight excluding hydrogens is 556 g/mol. The topological polar surface area (TPSA) is 130 Å². The van der Waals surface area contributed by atoms with Crippen LogP contribution >= 0.6 is 0 Å². The molecular formula is C35H38N4O5. The lowest BCUT2D eigenvalue weighted by Crippen LogP contribution is -2.02. The number of allylic oxidation sites excluding steroid dienone is 3. The fraction of sp³-hybridized carbons (Fsp3) is 0.314. The highest BCUT2D eigenvalue weighted by atomic mass is 16.5. The Kier molecular flexibility index (Phi) is 8.69.